The molecule has 1 aliphatic rings. The van der Waals surface area contributed by atoms with Crippen molar-refractivity contribution in [1.82, 2.24) is 0 Å². The lowest BCUT2D eigenvalue weighted by molar-refractivity contribution is 0.125. The number of aliphatic hydroxyl groups is 1. The molecule has 1 N–H and O–H groups in total. The molecule has 1 aromatic carbocycles. The summed E-state index contributed by atoms with van der Waals surface area (Å²) < 4.78 is 5.45. The van der Waals surface area contributed by atoms with Crippen LogP contribution in [0, 0.1) is 6.92 Å². The average molecular weight is 243 g/mol. The molecule has 0 amide bonds. The first-order valence-corrected chi connectivity index (χ1v) is 5.15. The van der Waals surface area contributed by atoms with Crippen molar-refractivity contribution in [2.75, 3.05) is 6.61 Å². The number of ether oxygens (including phenoxy) is 1. The van der Waals surface area contributed by atoms with Crippen LogP contribution in [-0.2, 0) is 0 Å². The van der Waals surface area contributed by atoms with Crippen molar-refractivity contribution in [1.29, 1.82) is 0 Å². The summed E-state index contributed by atoms with van der Waals surface area (Å²) in [5, 5.41) is 9.83. The summed E-state index contributed by atoms with van der Waals surface area (Å²) in [5.74, 6) is 0.800. The Morgan fingerprint density at radius 3 is 3.08 bits per heavy atom. The van der Waals surface area contributed by atoms with Crippen molar-refractivity contribution >= 4 is 15.9 Å². The van der Waals surface area contributed by atoms with E-state index in [1.165, 1.54) is 0 Å². The van der Waals surface area contributed by atoms with Gasteiger partial charge in [-0.3, -0.25) is 0 Å². The number of rotatable bonds is 0. The molecule has 1 heterocycles. The molecule has 1 aromatic rings. The highest BCUT2D eigenvalue weighted by molar-refractivity contribution is 9.09. The molecule has 0 saturated heterocycles. The molecule has 0 saturated carbocycles. The first-order chi connectivity index (χ1) is 6.18. The van der Waals surface area contributed by atoms with Crippen molar-refractivity contribution in [3.05, 3.63) is 29.3 Å². The molecule has 2 nitrogen and oxygen atoms in total. The number of aliphatic hydroxyl groups excluding tert-OH is 1. The lowest BCUT2D eigenvalue weighted by Crippen LogP contribution is -2.25. The summed E-state index contributed by atoms with van der Waals surface area (Å²) in [6.07, 6.45) is -0.455. The molecular weight excluding hydrogens is 232 g/mol. The third-order valence-corrected chi connectivity index (χ3v) is 2.99. The quantitative estimate of drug-likeness (QED) is 0.707. The van der Waals surface area contributed by atoms with Gasteiger partial charge in [-0.05, 0) is 19.1 Å². The summed E-state index contributed by atoms with van der Waals surface area (Å²) in [6, 6.07) is 5.86. The van der Waals surface area contributed by atoms with Crippen LogP contribution in [0.1, 0.15) is 17.2 Å². The van der Waals surface area contributed by atoms with E-state index in [0.29, 0.717) is 6.61 Å². The highest BCUT2D eigenvalue weighted by Gasteiger charge is 2.26. The van der Waals surface area contributed by atoms with Gasteiger partial charge in [0.1, 0.15) is 12.4 Å². The topological polar surface area (TPSA) is 29.5 Å². The first kappa shape index (κ1) is 9.03. The van der Waals surface area contributed by atoms with E-state index in [4.69, 9.17) is 4.74 Å². The second-order valence-electron chi connectivity index (χ2n) is 3.31. The fourth-order valence-corrected chi connectivity index (χ4v) is 1.90. The molecular formula is C10H11BrO2. The maximum Gasteiger partial charge on any atom is 0.125 e. The molecule has 0 spiro atoms. The zero-order valence-corrected chi connectivity index (χ0v) is 8.91. The second-order valence-corrected chi connectivity index (χ2v) is 4.49. The van der Waals surface area contributed by atoms with Gasteiger partial charge in [-0.2, -0.15) is 0 Å². The minimum atomic E-state index is -0.455. The van der Waals surface area contributed by atoms with Crippen LogP contribution >= 0.6 is 15.9 Å². The van der Waals surface area contributed by atoms with E-state index in [1.807, 2.05) is 25.1 Å². The van der Waals surface area contributed by atoms with Crippen molar-refractivity contribution in [2.24, 2.45) is 0 Å². The van der Waals surface area contributed by atoms with Gasteiger partial charge >= 0.3 is 0 Å². The zero-order valence-electron chi connectivity index (χ0n) is 7.33. The predicted octanol–water partition coefficient (Wildman–Crippen LogP) is 2.18. The number of benzene rings is 1. The van der Waals surface area contributed by atoms with Gasteiger partial charge in [-0.25, -0.2) is 0 Å². The van der Waals surface area contributed by atoms with E-state index in [-0.39, 0.29) is 4.83 Å². The molecule has 3 heteroatoms. The molecule has 0 aromatic heterocycles. The Hall–Kier alpha value is -0.540. The molecule has 0 unspecified atom stereocenters. The van der Waals surface area contributed by atoms with Crippen molar-refractivity contribution < 1.29 is 9.84 Å². The number of halogens is 1. The highest BCUT2D eigenvalue weighted by Crippen LogP contribution is 2.35. The Morgan fingerprint density at radius 2 is 2.31 bits per heavy atom. The minimum absolute atomic E-state index is 0.00167. The van der Waals surface area contributed by atoms with Crippen LogP contribution in [-0.4, -0.2) is 16.5 Å². The Bertz CT molecular complexity index is 325. The van der Waals surface area contributed by atoms with Crippen LogP contribution in [0.2, 0.25) is 0 Å². The second kappa shape index (κ2) is 3.31. The Morgan fingerprint density at radius 1 is 1.54 bits per heavy atom. The molecule has 2 rings (SSSR count). The number of fused-ring (bicyclic) bond motifs is 1. The summed E-state index contributed by atoms with van der Waals surface area (Å²) in [6.45, 7) is 2.53. The largest absolute Gasteiger partial charge is 0.492 e. The first-order valence-electron chi connectivity index (χ1n) is 4.24. The lowest BCUT2D eigenvalue weighted by atomic mass is 10.0. The van der Waals surface area contributed by atoms with E-state index in [2.05, 4.69) is 15.9 Å². The number of aryl methyl sites for hydroxylation is 1. The third-order valence-electron chi connectivity index (χ3n) is 2.22. The van der Waals surface area contributed by atoms with Gasteiger partial charge in [0, 0.05) is 5.56 Å². The number of alkyl halides is 1. The Balaban J connectivity index is 2.45. The molecule has 1 aliphatic heterocycles. The van der Waals surface area contributed by atoms with Gasteiger partial charge in [0.25, 0.3) is 0 Å². The highest BCUT2D eigenvalue weighted by atomic mass is 79.9. The van der Waals surface area contributed by atoms with Gasteiger partial charge in [0.05, 0.1) is 10.9 Å². The van der Waals surface area contributed by atoms with Crippen LogP contribution in [0.25, 0.3) is 0 Å². The van der Waals surface area contributed by atoms with Crippen LogP contribution in [0.5, 0.6) is 5.75 Å². The molecule has 13 heavy (non-hydrogen) atoms. The average Bonchev–Trinajstić information content (AvgIpc) is 2.12. The molecule has 0 fully saturated rings. The number of hydrogen-bond acceptors (Lipinski definition) is 2. The molecule has 0 radical (unpaired) electrons. The normalized spacial score (nSPS) is 26.4. The van der Waals surface area contributed by atoms with Gasteiger partial charge in [-0.1, -0.05) is 27.6 Å². The monoisotopic (exact) mass is 242 g/mol. The zero-order chi connectivity index (χ0) is 9.42. The summed E-state index contributed by atoms with van der Waals surface area (Å²) in [7, 11) is 0. The Labute approximate surface area is 85.7 Å². The standard InChI is InChI=1S/C10H11BrO2/c1-6-2-3-9-7(4-6)10(12)8(11)5-13-9/h2-4,8,10,12H,5H2,1H3/t8-,10-/m0/s1. The molecule has 2 atom stereocenters. The number of hydrogen-bond donors (Lipinski definition) is 1. The minimum Gasteiger partial charge on any atom is -0.492 e. The maximum atomic E-state index is 9.83. The van der Waals surface area contributed by atoms with Crippen molar-refractivity contribution in [3.8, 4) is 5.75 Å². The lowest BCUT2D eigenvalue weighted by Gasteiger charge is -2.26. The SMILES string of the molecule is Cc1ccc2c(c1)[C@H](O)[C@@H](Br)CO2. The van der Waals surface area contributed by atoms with Gasteiger partial charge < -0.3 is 9.84 Å². The fourth-order valence-electron chi connectivity index (χ4n) is 1.49. The third kappa shape index (κ3) is 1.58. The molecule has 0 aliphatic carbocycles. The van der Waals surface area contributed by atoms with E-state index in [1.54, 1.807) is 0 Å². The summed E-state index contributed by atoms with van der Waals surface area (Å²) in [4.78, 5) is 0.00167. The van der Waals surface area contributed by atoms with Crippen LogP contribution in [0.4, 0.5) is 0 Å². The van der Waals surface area contributed by atoms with Crippen molar-refractivity contribution in [2.45, 2.75) is 17.9 Å². The Kier molecular flexibility index (Phi) is 2.30. The fraction of sp³-hybridized carbons (Fsp3) is 0.400. The van der Waals surface area contributed by atoms with Crippen molar-refractivity contribution in [3.63, 3.8) is 0 Å². The van der Waals surface area contributed by atoms with E-state index in [0.717, 1.165) is 16.9 Å². The van der Waals surface area contributed by atoms with E-state index < -0.39 is 6.10 Å². The smallest absolute Gasteiger partial charge is 0.125 e. The predicted molar refractivity (Wildman–Crippen MR) is 54.3 cm³/mol. The van der Waals surface area contributed by atoms with Crippen LogP contribution in [0.15, 0.2) is 18.2 Å². The van der Waals surface area contributed by atoms with Gasteiger partial charge in [0.2, 0.25) is 0 Å². The summed E-state index contributed by atoms with van der Waals surface area (Å²) >= 11 is 3.37. The van der Waals surface area contributed by atoms with E-state index >= 15 is 0 Å². The molecule has 70 valence electrons. The molecule has 0 bridgehead atoms. The maximum absolute atomic E-state index is 9.83. The van der Waals surface area contributed by atoms with Gasteiger partial charge in [-0.15, -0.1) is 0 Å². The summed E-state index contributed by atoms with van der Waals surface area (Å²) in [5.41, 5.74) is 2.02. The van der Waals surface area contributed by atoms with Crippen LogP contribution in [0.3, 0.4) is 0 Å². The van der Waals surface area contributed by atoms with Crippen LogP contribution < -0.4 is 4.74 Å². The van der Waals surface area contributed by atoms with E-state index in [9.17, 15) is 5.11 Å². The van der Waals surface area contributed by atoms with Gasteiger partial charge in [0.15, 0.2) is 0 Å².